The Bertz CT molecular complexity index is 471. The number of nitriles is 1. The molecule has 17 heavy (non-hydrogen) atoms. The molecule has 0 bridgehead atoms. The Balaban J connectivity index is 2.10. The Labute approximate surface area is 103 Å². The van der Waals surface area contributed by atoms with Gasteiger partial charge in [-0.1, -0.05) is 43.7 Å². The van der Waals surface area contributed by atoms with E-state index in [9.17, 15) is 0 Å². The minimum Gasteiger partial charge on any atom is -0.192 e. The van der Waals surface area contributed by atoms with Crippen molar-refractivity contribution in [2.75, 3.05) is 0 Å². The standard InChI is InChI=1S/C16H17N/c1-2-3-13-4-8-15(9-5-13)16-10-6-14(12-17)7-11-16/h4,6-11,13H,2-3,5H2,1H3. The molecule has 1 aromatic carbocycles. The minimum absolute atomic E-state index is 0.710. The summed E-state index contributed by atoms with van der Waals surface area (Å²) in [6.45, 7) is 2.23. The highest BCUT2D eigenvalue weighted by Gasteiger charge is 2.08. The molecule has 0 amide bonds. The summed E-state index contributed by atoms with van der Waals surface area (Å²) in [5.41, 5.74) is 3.20. The van der Waals surface area contributed by atoms with Crippen LogP contribution in [0.5, 0.6) is 0 Å². The number of allylic oxidation sites excluding steroid dienone is 4. The lowest BCUT2D eigenvalue weighted by Gasteiger charge is -2.15. The summed E-state index contributed by atoms with van der Waals surface area (Å²) in [5.74, 6) is 0.710. The maximum atomic E-state index is 8.75. The molecule has 0 radical (unpaired) electrons. The molecule has 2 rings (SSSR count). The van der Waals surface area contributed by atoms with Crippen LogP contribution >= 0.6 is 0 Å². The average molecular weight is 223 g/mol. The molecule has 0 saturated carbocycles. The van der Waals surface area contributed by atoms with E-state index in [-0.39, 0.29) is 0 Å². The lowest BCUT2D eigenvalue weighted by molar-refractivity contribution is 0.585. The van der Waals surface area contributed by atoms with E-state index in [1.165, 1.54) is 24.0 Å². The monoisotopic (exact) mass is 223 g/mol. The molecule has 1 aliphatic carbocycles. The van der Waals surface area contributed by atoms with Gasteiger partial charge in [-0.05, 0) is 42.0 Å². The van der Waals surface area contributed by atoms with Crippen LogP contribution in [0.1, 0.15) is 37.3 Å². The van der Waals surface area contributed by atoms with Gasteiger partial charge in [0.25, 0.3) is 0 Å². The van der Waals surface area contributed by atoms with Gasteiger partial charge in [0.1, 0.15) is 0 Å². The molecular weight excluding hydrogens is 206 g/mol. The third-order valence-corrected chi connectivity index (χ3v) is 3.20. The van der Waals surface area contributed by atoms with Crippen molar-refractivity contribution in [1.29, 1.82) is 5.26 Å². The Kier molecular flexibility index (Phi) is 3.77. The van der Waals surface area contributed by atoms with Gasteiger partial charge in [0.2, 0.25) is 0 Å². The second-order valence-electron chi connectivity index (χ2n) is 4.49. The number of hydrogen-bond donors (Lipinski definition) is 0. The van der Waals surface area contributed by atoms with E-state index in [0.717, 1.165) is 12.0 Å². The Morgan fingerprint density at radius 2 is 2.06 bits per heavy atom. The Morgan fingerprint density at radius 3 is 2.59 bits per heavy atom. The molecule has 1 unspecified atom stereocenters. The van der Waals surface area contributed by atoms with Crippen molar-refractivity contribution in [2.45, 2.75) is 26.2 Å². The topological polar surface area (TPSA) is 23.8 Å². The summed E-state index contributed by atoms with van der Waals surface area (Å²) in [6.07, 6.45) is 10.5. The fourth-order valence-corrected chi connectivity index (χ4v) is 2.20. The van der Waals surface area contributed by atoms with E-state index < -0.39 is 0 Å². The Morgan fingerprint density at radius 1 is 1.29 bits per heavy atom. The van der Waals surface area contributed by atoms with Crippen LogP contribution in [-0.4, -0.2) is 0 Å². The third kappa shape index (κ3) is 2.85. The van der Waals surface area contributed by atoms with Gasteiger partial charge in [-0.3, -0.25) is 0 Å². The molecule has 1 aromatic rings. The van der Waals surface area contributed by atoms with Crippen LogP contribution in [0.25, 0.3) is 5.57 Å². The first-order valence-electron chi connectivity index (χ1n) is 6.22. The van der Waals surface area contributed by atoms with Crippen molar-refractivity contribution in [1.82, 2.24) is 0 Å². The molecule has 0 spiro atoms. The molecule has 0 aliphatic heterocycles. The second kappa shape index (κ2) is 5.50. The largest absolute Gasteiger partial charge is 0.192 e. The maximum Gasteiger partial charge on any atom is 0.0991 e. The van der Waals surface area contributed by atoms with Gasteiger partial charge < -0.3 is 0 Å². The average Bonchev–Trinajstić information content (AvgIpc) is 2.40. The van der Waals surface area contributed by atoms with Crippen molar-refractivity contribution < 1.29 is 0 Å². The van der Waals surface area contributed by atoms with Gasteiger partial charge >= 0.3 is 0 Å². The van der Waals surface area contributed by atoms with Gasteiger partial charge in [-0.25, -0.2) is 0 Å². The lowest BCUT2D eigenvalue weighted by Crippen LogP contribution is -1.99. The first-order valence-corrected chi connectivity index (χ1v) is 6.22. The van der Waals surface area contributed by atoms with E-state index >= 15 is 0 Å². The smallest absolute Gasteiger partial charge is 0.0991 e. The zero-order valence-electron chi connectivity index (χ0n) is 10.2. The van der Waals surface area contributed by atoms with Crippen molar-refractivity contribution in [3.05, 3.63) is 53.6 Å². The summed E-state index contributed by atoms with van der Waals surface area (Å²) < 4.78 is 0. The van der Waals surface area contributed by atoms with Crippen LogP contribution in [0.4, 0.5) is 0 Å². The molecule has 1 nitrogen and oxygen atoms in total. The quantitative estimate of drug-likeness (QED) is 0.748. The molecule has 0 saturated heterocycles. The summed E-state index contributed by atoms with van der Waals surface area (Å²) in [5, 5.41) is 8.75. The van der Waals surface area contributed by atoms with Crippen LogP contribution in [0.2, 0.25) is 0 Å². The normalized spacial score (nSPS) is 18.6. The highest BCUT2D eigenvalue weighted by molar-refractivity contribution is 5.75. The van der Waals surface area contributed by atoms with Crippen molar-refractivity contribution in [2.24, 2.45) is 5.92 Å². The van der Waals surface area contributed by atoms with Gasteiger partial charge in [0, 0.05) is 0 Å². The molecule has 86 valence electrons. The van der Waals surface area contributed by atoms with E-state index in [1.54, 1.807) is 0 Å². The molecule has 0 aromatic heterocycles. The SMILES string of the molecule is CCCC1C=CC(c2ccc(C#N)cc2)=CC1. The van der Waals surface area contributed by atoms with Gasteiger partial charge in [0.05, 0.1) is 11.6 Å². The van der Waals surface area contributed by atoms with Crippen LogP contribution in [-0.2, 0) is 0 Å². The van der Waals surface area contributed by atoms with E-state index in [1.807, 2.05) is 24.3 Å². The minimum atomic E-state index is 0.710. The predicted octanol–water partition coefficient (Wildman–Crippen LogP) is 4.32. The first kappa shape index (κ1) is 11.7. The number of nitrogens with zero attached hydrogens (tertiary/aromatic N) is 1. The van der Waals surface area contributed by atoms with Crippen LogP contribution in [0.15, 0.2) is 42.5 Å². The second-order valence-corrected chi connectivity index (χ2v) is 4.49. The lowest BCUT2D eigenvalue weighted by atomic mass is 9.90. The summed E-state index contributed by atoms with van der Waals surface area (Å²) in [4.78, 5) is 0. The number of benzene rings is 1. The zero-order valence-corrected chi connectivity index (χ0v) is 10.2. The van der Waals surface area contributed by atoms with E-state index in [0.29, 0.717) is 5.92 Å². The first-order chi connectivity index (χ1) is 8.33. The Hall–Kier alpha value is -1.81. The van der Waals surface area contributed by atoms with Crippen LogP contribution in [0, 0.1) is 17.2 Å². The molecule has 1 heteroatoms. The van der Waals surface area contributed by atoms with Crippen molar-refractivity contribution in [3.63, 3.8) is 0 Å². The third-order valence-electron chi connectivity index (χ3n) is 3.20. The zero-order chi connectivity index (χ0) is 12.1. The van der Waals surface area contributed by atoms with E-state index in [2.05, 4.69) is 31.2 Å². The summed E-state index contributed by atoms with van der Waals surface area (Å²) in [6, 6.07) is 9.94. The number of hydrogen-bond acceptors (Lipinski definition) is 1. The van der Waals surface area contributed by atoms with Gasteiger partial charge in [-0.2, -0.15) is 5.26 Å². The summed E-state index contributed by atoms with van der Waals surface area (Å²) in [7, 11) is 0. The van der Waals surface area contributed by atoms with Crippen molar-refractivity contribution in [3.8, 4) is 6.07 Å². The van der Waals surface area contributed by atoms with Gasteiger partial charge in [-0.15, -0.1) is 0 Å². The molecular formula is C16H17N. The highest BCUT2D eigenvalue weighted by Crippen LogP contribution is 2.26. The molecule has 0 fully saturated rings. The molecule has 0 N–H and O–H groups in total. The van der Waals surface area contributed by atoms with Crippen molar-refractivity contribution >= 4 is 5.57 Å². The molecule has 0 heterocycles. The highest BCUT2D eigenvalue weighted by atomic mass is 14.2. The maximum absolute atomic E-state index is 8.75. The van der Waals surface area contributed by atoms with Gasteiger partial charge in [0.15, 0.2) is 0 Å². The fourth-order valence-electron chi connectivity index (χ4n) is 2.20. The van der Waals surface area contributed by atoms with E-state index in [4.69, 9.17) is 5.26 Å². The predicted molar refractivity (Wildman–Crippen MR) is 71.3 cm³/mol. The summed E-state index contributed by atoms with van der Waals surface area (Å²) >= 11 is 0. The number of rotatable bonds is 3. The van der Waals surface area contributed by atoms with Crippen LogP contribution in [0.3, 0.4) is 0 Å². The fraction of sp³-hybridized carbons (Fsp3) is 0.312. The van der Waals surface area contributed by atoms with Crippen LogP contribution < -0.4 is 0 Å². The molecule has 1 atom stereocenters. The molecule has 1 aliphatic rings.